The summed E-state index contributed by atoms with van der Waals surface area (Å²) in [4.78, 5) is 17.1. The molecule has 0 amide bonds. The van der Waals surface area contributed by atoms with E-state index in [1.54, 1.807) is 0 Å². The fourth-order valence-corrected chi connectivity index (χ4v) is 6.63. The summed E-state index contributed by atoms with van der Waals surface area (Å²) in [7, 11) is -2.99. The minimum absolute atomic E-state index is 0.0505. The van der Waals surface area contributed by atoms with Crippen molar-refractivity contribution >= 4 is 15.8 Å². The van der Waals surface area contributed by atoms with Gasteiger partial charge in [0.15, 0.2) is 0 Å². The van der Waals surface area contributed by atoms with Gasteiger partial charge in [0.25, 0.3) is 0 Å². The SMILES string of the molecule is Cc1cc(OCCCS(C)(=O)=O)cc(C)c1-c1cccc(COc2cc3c(cn2)[C@H]2[C@@H](C3)[C@@H]2C(=O)OC(C)(C)C)c1. The van der Waals surface area contributed by atoms with Gasteiger partial charge in [0.05, 0.1) is 18.3 Å². The molecule has 5 rings (SSSR count). The van der Waals surface area contributed by atoms with Crippen molar-refractivity contribution in [2.45, 2.75) is 65.6 Å². The summed E-state index contributed by atoms with van der Waals surface area (Å²) in [5, 5.41) is 0. The maximum atomic E-state index is 12.6. The van der Waals surface area contributed by atoms with Crippen LogP contribution in [0.25, 0.3) is 11.1 Å². The van der Waals surface area contributed by atoms with Crippen LogP contribution in [0.2, 0.25) is 0 Å². The molecule has 0 saturated heterocycles. The highest BCUT2D eigenvalue weighted by molar-refractivity contribution is 7.90. The molecule has 7 nitrogen and oxygen atoms in total. The third kappa shape index (κ3) is 6.92. The maximum Gasteiger partial charge on any atom is 0.310 e. The lowest BCUT2D eigenvalue weighted by molar-refractivity contribution is -0.157. The van der Waals surface area contributed by atoms with E-state index >= 15 is 0 Å². The van der Waals surface area contributed by atoms with Gasteiger partial charge < -0.3 is 14.2 Å². The minimum Gasteiger partial charge on any atom is -0.494 e. The quantitative estimate of drug-likeness (QED) is 0.216. The third-order valence-electron chi connectivity index (χ3n) is 7.70. The average molecular weight is 578 g/mol. The Kier molecular flexibility index (Phi) is 7.90. The first-order valence-corrected chi connectivity index (χ1v) is 16.2. The molecule has 0 radical (unpaired) electrons. The molecule has 0 spiro atoms. The van der Waals surface area contributed by atoms with Crippen molar-refractivity contribution in [1.82, 2.24) is 4.98 Å². The molecule has 0 N–H and O–H groups in total. The fourth-order valence-electron chi connectivity index (χ4n) is 5.99. The van der Waals surface area contributed by atoms with Crippen molar-refractivity contribution in [3.05, 3.63) is 76.5 Å². The zero-order valence-corrected chi connectivity index (χ0v) is 25.5. The molecule has 1 aromatic heterocycles. The van der Waals surface area contributed by atoms with Crippen molar-refractivity contribution in [3.63, 3.8) is 0 Å². The molecule has 218 valence electrons. The Hall–Kier alpha value is -3.39. The van der Waals surface area contributed by atoms with Gasteiger partial charge in [-0.2, -0.15) is 0 Å². The van der Waals surface area contributed by atoms with Crippen LogP contribution in [0.5, 0.6) is 11.6 Å². The summed E-state index contributed by atoms with van der Waals surface area (Å²) in [5.41, 5.74) is 7.34. The van der Waals surface area contributed by atoms with E-state index in [4.69, 9.17) is 14.2 Å². The Morgan fingerprint density at radius 3 is 2.46 bits per heavy atom. The molecule has 2 aliphatic rings. The van der Waals surface area contributed by atoms with Crippen LogP contribution in [0, 0.1) is 25.7 Å². The van der Waals surface area contributed by atoms with Crippen LogP contribution in [0.15, 0.2) is 48.7 Å². The monoisotopic (exact) mass is 577 g/mol. The highest BCUT2D eigenvalue weighted by Gasteiger charge is 2.60. The molecule has 8 heteroatoms. The minimum atomic E-state index is -2.99. The molecule has 41 heavy (non-hydrogen) atoms. The Labute approximate surface area is 243 Å². The van der Waals surface area contributed by atoms with Crippen LogP contribution in [0.4, 0.5) is 0 Å². The summed E-state index contributed by atoms with van der Waals surface area (Å²) in [6.45, 7) is 10.6. The van der Waals surface area contributed by atoms with Crippen LogP contribution in [0.3, 0.4) is 0 Å². The summed E-state index contributed by atoms with van der Waals surface area (Å²) in [6, 6.07) is 14.3. The van der Waals surface area contributed by atoms with Gasteiger partial charge in [0.1, 0.15) is 27.8 Å². The van der Waals surface area contributed by atoms with E-state index in [-0.39, 0.29) is 23.6 Å². The Morgan fingerprint density at radius 1 is 1.05 bits per heavy atom. The number of rotatable bonds is 10. The molecule has 1 fully saturated rings. The first kappa shape index (κ1) is 29.1. The second-order valence-electron chi connectivity index (χ2n) is 12.4. The van der Waals surface area contributed by atoms with Crippen molar-refractivity contribution < 1.29 is 27.4 Å². The number of aromatic nitrogens is 1. The highest BCUT2D eigenvalue weighted by Crippen LogP contribution is 2.62. The lowest BCUT2D eigenvalue weighted by atomic mass is 9.94. The molecule has 1 heterocycles. The largest absolute Gasteiger partial charge is 0.494 e. The third-order valence-corrected chi connectivity index (χ3v) is 8.73. The number of esters is 1. The lowest BCUT2D eigenvalue weighted by Gasteiger charge is -2.20. The zero-order valence-electron chi connectivity index (χ0n) is 24.7. The number of carbonyl (C=O) groups is 1. The molecule has 1 saturated carbocycles. The number of carbonyl (C=O) groups excluding carboxylic acids is 1. The number of aryl methyl sites for hydroxylation is 2. The van der Waals surface area contributed by atoms with Crippen LogP contribution in [-0.2, 0) is 32.4 Å². The van der Waals surface area contributed by atoms with Gasteiger partial charge in [0, 0.05) is 24.4 Å². The molecular formula is C33H39NO6S. The Bertz CT molecular complexity index is 1550. The van der Waals surface area contributed by atoms with Crippen LogP contribution >= 0.6 is 0 Å². The number of ether oxygens (including phenoxy) is 3. The number of pyridine rings is 1. The first-order chi connectivity index (χ1) is 19.3. The van der Waals surface area contributed by atoms with Gasteiger partial charge in [-0.25, -0.2) is 13.4 Å². The number of hydrogen-bond donors (Lipinski definition) is 0. The van der Waals surface area contributed by atoms with Crippen molar-refractivity contribution in [2.75, 3.05) is 18.6 Å². The van der Waals surface area contributed by atoms with Gasteiger partial charge >= 0.3 is 5.97 Å². The number of nitrogens with zero attached hydrogens (tertiary/aromatic N) is 1. The van der Waals surface area contributed by atoms with Gasteiger partial charge in [-0.1, -0.05) is 18.2 Å². The van der Waals surface area contributed by atoms with Crippen LogP contribution < -0.4 is 9.47 Å². The normalized spacial score (nSPS) is 19.3. The van der Waals surface area contributed by atoms with Crippen LogP contribution in [-0.4, -0.2) is 43.6 Å². The van der Waals surface area contributed by atoms with E-state index in [1.807, 2.05) is 57.3 Å². The van der Waals surface area contributed by atoms with E-state index < -0.39 is 15.4 Å². The van der Waals surface area contributed by atoms with E-state index in [1.165, 1.54) is 11.8 Å². The number of benzene rings is 2. The summed E-state index contributed by atoms with van der Waals surface area (Å²) in [6.07, 6.45) is 4.43. The van der Waals surface area contributed by atoms with E-state index in [2.05, 4.69) is 31.0 Å². The van der Waals surface area contributed by atoms with Gasteiger partial charge in [0.2, 0.25) is 5.88 Å². The lowest BCUT2D eigenvalue weighted by Crippen LogP contribution is -2.26. The number of sulfone groups is 1. The smallest absolute Gasteiger partial charge is 0.310 e. The van der Waals surface area contributed by atoms with Crippen molar-refractivity contribution in [1.29, 1.82) is 0 Å². The fraction of sp³-hybridized carbons (Fsp3) is 0.455. The van der Waals surface area contributed by atoms with E-state index in [0.29, 0.717) is 31.4 Å². The Morgan fingerprint density at radius 2 is 1.78 bits per heavy atom. The molecule has 0 aliphatic heterocycles. The average Bonchev–Trinajstić information content (AvgIpc) is 3.46. The zero-order chi connectivity index (χ0) is 29.5. The molecule has 2 aliphatic carbocycles. The predicted octanol–water partition coefficient (Wildman–Crippen LogP) is 5.99. The second-order valence-corrected chi connectivity index (χ2v) is 14.7. The number of fused-ring (bicyclic) bond motifs is 3. The standard InChI is InChI=1S/C33H39NO6S/c1-20-13-25(38-11-8-12-41(6,36)37)14-21(2)29(20)23-10-7-9-22(15-23)19-39-28-17-24-16-26-30(27(24)18-34-28)31(26)32(35)40-33(3,4)5/h7,9-10,13-15,17-18,26,30-31H,8,11-12,16,19H2,1-6H3/t26-,30-,31+/m1/s1. The van der Waals surface area contributed by atoms with Gasteiger partial charge in [-0.3, -0.25) is 4.79 Å². The first-order valence-electron chi connectivity index (χ1n) is 14.1. The molecule has 3 aromatic rings. The van der Waals surface area contributed by atoms with E-state index in [0.717, 1.165) is 45.6 Å². The Balaban J connectivity index is 1.20. The maximum absolute atomic E-state index is 12.6. The second kappa shape index (κ2) is 11.1. The summed E-state index contributed by atoms with van der Waals surface area (Å²) in [5.74, 6) is 1.83. The van der Waals surface area contributed by atoms with Gasteiger partial charge in [-0.05, 0) is 111 Å². The molecule has 3 atom stereocenters. The molecular weight excluding hydrogens is 538 g/mol. The molecule has 0 unspecified atom stereocenters. The van der Waals surface area contributed by atoms with E-state index in [9.17, 15) is 13.2 Å². The molecule has 2 aromatic carbocycles. The van der Waals surface area contributed by atoms with Crippen molar-refractivity contribution in [3.8, 4) is 22.8 Å². The predicted molar refractivity (Wildman–Crippen MR) is 159 cm³/mol. The molecule has 0 bridgehead atoms. The summed E-state index contributed by atoms with van der Waals surface area (Å²) >= 11 is 0. The summed E-state index contributed by atoms with van der Waals surface area (Å²) < 4.78 is 40.2. The van der Waals surface area contributed by atoms with Gasteiger partial charge in [-0.15, -0.1) is 0 Å². The topological polar surface area (TPSA) is 91.8 Å². The van der Waals surface area contributed by atoms with Crippen molar-refractivity contribution in [2.24, 2.45) is 11.8 Å². The highest BCUT2D eigenvalue weighted by atomic mass is 32.2. The van der Waals surface area contributed by atoms with Crippen LogP contribution in [0.1, 0.15) is 60.9 Å². The number of hydrogen-bond acceptors (Lipinski definition) is 7.